The molecule has 2 amide bonds. The molecule has 1 aromatic carbocycles. The Morgan fingerprint density at radius 2 is 1.49 bits per heavy atom. The molecular formula is C27H37N3O6S. The number of carbonyl (C=O) groups is 3. The number of nitrogens with one attached hydrogen (secondary N) is 2. The Hall–Kier alpha value is -3.27. The minimum atomic E-state index is -4.18. The lowest BCUT2D eigenvalue weighted by atomic mass is 10.1. The van der Waals surface area contributed by atoms with Crippen LogP contribution >= 0.6 is 0 Å². The first-order valence-electron chi connectivity index (χ1n) is 12.8. The second-order valence-electron chi connectivity index (χ2n) is 8.81. The molecule has 0 saturated carbocycles. The maximum atomic E-state index is 12.7. The van der Waals surface area contributed by atoms with Gasteiger partial charge in [0.05, 0.1) is 10.5 Å². The highest BCUT2D eigenvalue weighted by Crippen LogP contribution is 2.14. The second kappa shape index (κ2) is 15.1. The van der Waals surface area contributed by atoms with E-state index in [1.165, 1.54) is 36.4 Å². The molecule has 37 heavy (non-hydrogen) atoms. The van der Waals surface area contributed by atoms with Gasteiger partial charge in [0.1, 0.15) is 11.8 Å². The molecule has 2 rings (SSSR count). The van der Waals surface area contributed by atoms with Crippen LogP contribution in [0.4, 0.5) is 0 Å². The number of amides is 2. The molecule has 0 spiro atoms. The summed E-state index contributed by atoms with van der Waals surface area (Å²) in [6.45, 7) is 6.69. The number of rotatable bonds is 15. The van der Waals surface area contributed by atoms with Gasteiger partial charge in [-0.05, 0) is 55.7 Å². The third-order valence-corrected chi connectivity index (χ3v) is 7.05. The number of pyridine rings is 1. The fourth-order valence-electron chi connectivity index (χ4n) is 3.65. The van der Waals surface area contributed by atoms with E-state index in [2.05, 4.69) is 17.2 Å². The quantitative estimate of drug-likeness (QED) is 0.253. The highest BCUT2D eigenvalue weighted by atomic mass is 32.2. The Labute approximate surface area is 219 Å². The summed E-state index contributed by atoms with van der Waals surface area (Å²) in [5, 5.41) is 2.81. The summed E-state index contributed by atoms with van der Waals surface area (Å²) in [6, 6.07) is 7.97. The van der Waals surface area contributed by atoms with Crippen molar-refractivity contribution >= 4 is 27.8 Å². The lowest BCUT2D eigenvalue weighted by molar-refractivity contribution is 0.0251. The molecule has 0 radical (unpaired) electrons. The van der Waals surface area contributed by atoms with Crippen molar-refractivity contribution in [1.82, 2.24) is 15.0 Å². The van der Waals surface area contributed by atoms with Crippen molar-refractivity contribution in [3.63, 3.8) is 0 Å². The molecular weight excluding hydrogens is 494 g/mol. The average molecular weight is 532 g/mol. The van der Waals surface area contributed by atoms with E-state index in [1.54, 1.807) is 0 Å². The number of benzene rings is 1. The van der Waals surface area contributed by atoms with Crippen LogP contribution in [0.3, 0.4) is 0 Å². The molecule has 0 atom stereocenters. The van der Waals surface area contributed by atoms with Gasteiger partial charge in [-0.25, -0.2) is 22.9 Å². The largest absolute Gasteiger partial charge is 0.458 e. The van der Waals surface area contributed by atoms with Crippen LogP contribution < -0.4 is 10.0 Å². The molecule has 0 bridgehead atoms. The zero-order valence-corrected chi connectivity index (χ0v) is 22.6. The minimum absolute atomic E-state index is 0.0298. The minimum Gasteiger partial charge on any atom is -0.458 e. The smallest absolute Gasteiger partial charge is 0.357 e. The molecule has 0 saturated heterocycles. The third-order valence-electron chi connectivity index (χ3n) is 5.70. The van der Waals surface area contributed by atoms with E-state index >= 15 is 0 Å². The van der Waals surface area contributed by atoms with Gasteiger partial charge in [-0.2, -0.15) is 0 Å². The zero-order chi connectivity index (χ0) is 27.3. The number of hydrogen-bond acceptors (Lipinski definition) is 7. The summed E-state index contributed by atoms with van der Waals surface area (Å²) in [5.41, 5.74) is 0.334. The van der Waals surface area contributed by atoms with Crippen molar-refractivity contribution in [3.05, 3.63) is 59.4 Å². The summed E-state index contributed by atoms with van der Waals surface area (Å²) in [4.78, 5) is 40.9. The monoisotopic (exact) mass is 531 g/mol. The van der Waals surface area contributed by atoms with Crippen molar-refractivity contribution in [2.75, 3.05) is 6.54 Å². The Morgan fingerprint density at radius 1 is 0.838 bits per heavy atom. The van der Waals surface area contributed by atoms with Crippen LogP contribution in [-0.4, -0.2) is 43.8 Å². The molecule has 1 heterocycles. The van der Waals surface area contributed by atoms with Crippen LogP contribution in [0.2, 0.25) is 0 Å². The molecule has 10 heteroatoms. The van der Waals surface area contributed by atoms with Crippen LogP contribution in [0.25, 0.3) is 0 Å². The number of unbranched alkanes of at least 4 members (excludes halogenated alkanes) is 3. The number of sulfonamides is 1. The standard InChI is InChI=1S/C27H37N3O6S/c1-4-7-8-9-18-28-25(31)20-12-15-23(16-13-20)37(34,35)30-26(32)21-14-17-24(29-19-21)27(33)36-22(10-5-2)11-6-3/h12-17,19,22H,4-11,18H2,1-3H3,(H,28,31)(H,30,32). The van der Waals surface area contributed by atoms with Crippen LogP contribution in [-0.2, 0) is 14.8 Å². The van der Waals surface area contributed by atoms with Crippen molar-refractivity contribution in [2.45, 2.75) is 83.1 Å². The summed E-state index contributed by atoms with van der Waals surface area (Å²) in [7, 11) is -4.18. The van der Waals surface area contributed by atoms with Crippen LogP contribution in [0.1, 0.15) is 103 Å². The number of carbonyl (C=O) groups excluding carboxylic acids is 3. The Kier molecular flexibility index (Phi) is 12.2. The molecule has 2 aromatic rings. The number of aromatic nitrogens is 1. The molecule has 9 nitrogen and oxygen atoms in total. The van der Waals surface area contributed by atoms with Gasteiger partial charge in [0, 0.05) is 18.3 Å². The SMILES string of the molecule is CCCCCCNC(=O)c1ccc(S(=O)(=O)NC(=O)c2ccc(C(=O)OC(CCC)CCC)nc2)cc1. The zero-order valence-electron chi connectivity index (χ0n) is 21.8. The van der Waals surface area contributed by atoms with Gasteiger partial charge in [0.15, 0.2) is 0 Å². The second-order valence-corrected chi connectivity index (χ2v) is 10.5. The summed E-state index contributed by atoms with van der Waals surface area (Å²) < 4.78 is 32.8. The lowest BCUT2D eigenvalue weighted by Crippen LogP contribution is -2.31. The van der Waals surface area contributed by atoms with E-state index in [0.29, 0.717) is 12.1 Å². The summed E-state index contributed by atoms with van der Waals surface area (Å²) in [6.07, 6.45) is 8.34. The number of hydrogen-bond donors (Lipinski definition) is 2. The van der Waals surface area contributed by atoms with Crippen LogP contribution in [0.15, 0.2) is 47.5 Å². The number of nitrogens with zero attached hydrogens (tertiary/aromatic N) is 1. The van der Waals surface area contributed by atoms with Gasteiger partial charge >= 0.3 is 5.97 Å². The predicted octanol–water partition coefficient (Wildman–Crippen LogP) is 4.64. The van der Waals surface area contributed by atoms with E-state index in [-0.39, 0.29) is 28.2 Å². The fraction of sp³-hybridized carbons (Fsp3) is 0.481. The maximum Gasteiger partial charge on any atom is 0.357 e. The van der Waals surface area contributed by atoms with Crippen molar-refractivity contribution in [3.8, 4) is 0 Å². The molecule has 0 aliphatic heterocycles. The van der Waals surface area contributed by atoms with Gasteiger partial charge in [0.25, 0.3) is 21.8 Å². The third kappa shape index (κ3) is 9.60. The molecule has 0 aliphatic rings. The van der Waals surface area contributed by atoms with E-state index in [1.807, 2.05) is 18.6 Å². The highest BCUT2D eigenvalue weighted by molar-refractivity contribution is 7.90. The first kappa shape index (κ1) is 30.0. The van der Waals surface area contributed by atoms with Crippen molar-refractivity contribution in [1.29, 1.82) is 0 Å². The van der Waals surface area contributed by atoms with E-state index in [4.69, 9.17) is 4.74 Å². The average Bonchev–Trinajstić information content (AvgIpc) is 2.88. The molecule has 202 valence electrons. The molecule has 2 N–H and O–H groups in total. The summed E-state index contributed by atoms with van der Waals surface area (Å²) >= 11 is 0. The van der Waals surface area contributed by atoms with Crippen molar-refractivity contribution < 1.29 is 27.5 Å². The maximum absolute atomic E-state index is 12.7. The van der Waals surface area contributed by atoms with Crippen LogP contribution in [0, 0.1) is 0 Å². The van der Waals surface area contributed by atoms with Crippen LogP contribution in [0.5, 0.6) is 0 Å². The first-order valence-corrected chi connectivity index (χ1v) is 14.3. The van der Waals surface area contributed by atoms with E-state index in [0.717, 1.165) is 57.6 Å². The van der Waals surface area contributed by atoms with E-state index < -0.39 is 21.9 Å². The van der Waals surface area contributed by atoms with Gasteiger partial charge in [-0.15, -0.1) is 0 Å². The molecule has 0 aliphatic carbocycles. The van der Waals surface area contributed by atoms with Gasteiger partial charge in [-0.3, -0.25) is 9.59 Å². The van der Waals surface area contributed by atoms with Gasteiger partial charge in [0.2, 0.25) is 0 Å². The fourth-order valence-corrected chi connectivity index (χ4v) is 4.62. The Balaban J connectivity index is 1.97. The van der Waals surface area contributed by atoms with E-state index in [9.17, 15) is 22.8 Å². The molecule has 0 unspecified atom stereocenters. The van der Waals surface area contributed by atoms with Gasteiger partial charge in [-0.1, -0.05) is 52.9 Å². The molecule has 0 fully saturated rings. The summed E-state index contributed by atoms with van der Waals surface area (Å²) in [5.74, 6) is -1.77. The van der Waals surface area contributed by atoms with Crippen molar-refractivity contribution in [2.24, 2.45) is 0 Å². The Bertz CT molecular complexity index is 1130. The predicted molar refractivity (Wildman–Crippen MR) is 141 cm³/mol. The van der Waals surface area contributed by atoms with Gasteiger partial charge < -0.3 is 10.1 Å². The first-order chi connectivity index (χ1) is 17.7. The number of ether oxygens (including phenoxy) is 1. The number of esters is 1. The highest BCUT2D eigenvalue weighted by Gasteiger charge is 2.21. The normalized spacial score (nSPS) is 11.2. The molecule has 1 aromatic heterocycles. The lowest BCUT2D eigenvalue weighted by Gasteiger charge is -2.16. The topological polar surface area (TPSA) is 132 Å². The Morgan fingerprint density at radius 3 is 2.05 bits per heavy atom.